The Bertz CT molecular complexity index is 1610. The normalized spacial score (nSPS) is 19.4. The van der Waals surface area contributed by atoms with Gasteiger partial charge in [-0.1, -0.05) is 12.1 Å². The number of hydrogen-bond acceptors (Lipinski definition) is 8. The highest BCUT2D eigenvalue weighted by molar-refractivity contribution is 5.97. The summed E-state index contributed by atoms with van der Waals surface area (Å²) in [6.45, 7) is 2.11. The Morgan fingerprint density at radius 2 is 1.74 bits per heavy atom. The Balaban J connectivity index is 1.22. The zero-order valence-corrected chi connectivity index (χ0v) is 23.2. The summed E-state index contributed by atoms with van der Waals surface area (Å²) in [5, 5.41) is 13.7. The monoisotopic (exact) mass is 569 g/mol. The van der Waals surface area contributed by atoms with Crippen LogP contribution >= 0.6 is 0 Å². The molecule has 1 saturated heterocycles. The van der Waals surface area contributed by atoms with Crippen molar-refractivity contribution in [2.75, 3.05) is 46.4 Å². The Labute approximate surface area is 242 Å². The van der Waals surface area contributed by atoms with Gasteiger partial charge in [0.05, 0.1) is 25.2 Å². The van der Waals surface area contributed by atoms with E-state index < -0.39 is 5.92 Å². The maximum atomic E-state index is 13.6. The van der Waals surface area contributed by atoms with Crippen LogP contribution < -0.4 is 14.8 Å². The second-order valence-corrected chi connectivity index (χ2v) is 10.4. The molecule has 2 aliphatic rings. The summed E-state index contributed by atoms with van der Waals surface area (Å²) in [6.07, 6.45) is 2.10. The molecule has 2 aromatic heterocycles. The van der Waals surface area contributed by atoms with Crippen LogP contribution in [0.2, 0.25) is 0 Å². The number of carbonyl (C=O) groups is 3. The van der Waals surface area contributed by atoms with Crippen LogP contribution in [0.25, 0.3) is 11.0 Å². The van der Waals surface area contributed by atoms with E-state index >= 15 is 0 Å². The minimum absolute atomic E-state index is 0.160. The topological polar surface area (TPSA) is 143 Å². The summed E-state index contributed by atoms with van der Waals surface area (Å²) in [4.78, 5) is 48.0. The molecule has 6 rings (SSSR count). The lowest BCUT2D eigenvalue weighted by Gasteiger charge is -2.25. The number of rotatable bonds is 3. The average molecular weight is 570 g/mol. The predicted octanol–water partition coefficient (Wildman–Crippen LogP) is 2.26. The van der Waals surface area contributed by atoms with E-state index in [0.717, 1.165) is 5.56 Å². The second-order valence-electron chi connectivity index (χ2n) is 10.4. The lowest BCUT2D eigenvalue weighted by atomic mass is 9.88. The molecule has 0 aliphatic carbocycles. The first-order valence-corrected chi connectivity index (χ1v) is 13.9. The molecule has 0 unspecified atom stereocenters. The van der Waals surface area contributed by atoms with E-state index in [1.54, 1.807) is 40.1 Å². The standard InChI is InChI=1S/C30H31N7O5/c1-41-27-9-7-21(16-32-27)30(40)37-17-23-19-4-2-5-22(14-19)42-13-3-11-36(12-10-31-28(38)24(23)18-37)29(39)20-6-8-25-26(15-20)34-35-33-25/h2,4-9,14-16,23-24H,3,10-13,17-18H2,1H3,(H,31,38)(H,33,34,35)/t23-,24+/m1/s1. The van der Waals surface area contributed by atoms with Crippen molar-refractivity contribution in [3.8, 4) is 11.6 Å². The summed E-state index contributed by atoms with van der Waals surface area (Å²) >= 11 is 0. The van der Waals surface area contributed by atoms with Crippen molar-refractivity contribution in [1.82, 2.24) is 35.5 Å². The third kappa shape index (κ3) is 5.60. The van der Waals surface area contributed by atoms with Crippen molar-refractivity contribution in [2.24, 2.45) is 5.92 Å². The van der Waals surface area contributed by atoms with Gasteiger partial charge in [-0.15, -0.1) is 0 Å². The molecule has 0 radical (unpaired) electrons. The summed E-state index contributed by atoms with van der Waals surface area (Å²) < 4.78 is 11.2. The number of methoxy groups -OCH3 is 1. The number of carbonyl (C=O) groups excluding carboxylic acids is 3. The van der Waals surface area contributed by atoms with E-state index in [9.17, 15) is 14.4 Å². The average Bonchev–Trinajstić information content (AvgIpc) is 3.69. The van der Waals surface area contributed by atoms with Crippen LogP contribution in [-0.2, 0) is 4.79 Å². The quantitative estimate of drug-likeness (QED) is 0.383. The van der Waals surface area contributed by atoms with Crippen molar-refractivity contribution in [1.29, 1.82) is 0 Å². The molecule has 12 nitrogen and oxygen atoms in total. The van der Waals surface area contributed by atoms with E-state index in [-0.39, 0.29) is 36.7 Å². The van der Waals surface area contributed by atoms with E-state index in [0.29, 0.717) is 66.5 Å². The lowest BCUT2D eigenvalue weighted by Crippen LogP contribution is -2.42. The minimum atomic E-state index is -0.475. The number of benzene rings is 2. The van der Waals surface area contributed by atoms with E-state index in [4.69, 9.17) is 9.47 Å². The van der Waals surface area contributed by atoms with Gasteiger partial charge in [-0.05, 0) is 48.4 Å². The van der Waals surface area contributed by atoms with Crippen LogP contribution in [-0.4, -0.2) is 94.4 Å². The fourth-order valence-electron chi connectivity index (χ4n) is 5.58. The highest BCUT2D eigenvalue weighted by Gasteiger charge is 2.41. The van der Waals surface area contributed by atoms with Gasteiger partial charge in [-0.25, -0.2) is 4.98 Å². The number of amides is 3. The van der Waals surface area contributed by atoms with Crippen molar-refractivity contribution < 1.29 is 23.9 Å². The van der Waals surface area contributed by atoms with Crippen LogP contribution in [0, 0.1) is 5.92 Å². The Morgan fingerprint density at radius 1 is 0.929 bits per heavy atom. The van der Waals surface area contributed by atoms with E-state index in [1.165, 1.54) is 13.3 Å². The minimum Gasteiger partial charge on any atom is -0.494 e. The highest BCUT2D eigenvalue weighted by Crippen LogP contribution is 2.35. The van der Waals surface area contributed by atoms with Gasteiger partial charge in [0.25, 0.3) is 11.8 Å². The maximum Gasteiger partial charge on any atom is 0.255 e. The molecule has 2 N–H and O–H groups in total. The number of pyridine rings is 1. The largest absolute Gasteiger partial charge is 0.494 e. The summed E-state index contributed by atoms with van der Waals surface area (Å²) in [5.41, 5.74) is 3.15. The molecule has 2 aliphatic heterocycles. The van der Waals surface area contributed by atoms with Gasteiger partial charge >= 0.3 is 0 Å². The molecular weight excluding hydrogens is 538 g/mol. The van der Waals surface area contributed by atoms with Crippen molar-refractivity contribution in [3.05, 3.63) is 77.5 Å². The smallest absolute Gasteiger partial charge is 0.255 e. The molecule has 2 bridgehead atoms. The molecule has 2 aromatic carbocycles. The number of H-pyrrole nitrogens is 1. The highest BCUT2D eigenvalue weighted by atomic mass is 16.5. The number of nitrogens with zero attached hydrogens (tertiary/aromatic N) is 5. The van der Waals surface area contributed by atoms with Crippen LogP contribution in [0.3, 0.4) is 0 Å². The summed E-state index contributed by atoms with van der Waals surface area (Å²) in [7, 11) is 1.52. The number of aromatic nitrogens is 4. The zero-order chi connectivity index (χ0) is 29.1. The maximum absolute atomic E-state index is 13.6. The number of ether oxygens (including phenoxy) is 2. The molecule has 2 atom stereocenters. The first-order chi connectivity index (χ1) is 20.5. The molecule has 1 fully saturated rings. The van der Waals surface area contributed by atoms with Crippen LogP contribution in [0.4, 0.5) is 0 Å². The predicted molar refractivity (Wildman–Crippen MR) is 152 cm³/mol. The first kappa shape index (κ1) is 27.2. The fraction of sp³-hybridized carbons (Fsp3) is 0.333. The molecule has 4 heterocycles. The van der Waals surface area contributed by atoms with E-state index in [2.05, 4.69) is 25.7 Å². The molecule has 0 saturated carbocycles. The van der Waals surface area contributed by atoms with Gasteiger partial charge < -0.3 is 24.6 Å². The molecule has 216 valence electrons. The number of hydrogen-bond donors (Lipinski definition) is 2. The first-order valence-electron chi connectivity index (χ1n) is 13.9. The third-order valence-electron chi connectivity index (χ3n) is 7.80. The van der Waals surface area contributed by atoms with Crippen molar-refractivity contribution >= 4 is 28.8 Å². The Kier molecular flexibility index (Phi) is 7.67. The molecule has 0 spiro atoms. The number of fused-ring (bicyclic) bond motifs is 5. The van der Waals surface area contributed by atoms with Crippen molar-refractivity contribution in [3.63, 3.8) is 0 Å². The SMILES string of the molecule is COc1ccc(C(=O)N2C[C@@H]3C(=O)NCCN(C(=O)c4ccc5n[nH]nc5c4)CCCOc4cccc(c4)[C@H]3C2)cn1. The number of aromatic amines is 1. The number of likely N-dealkylation sites (tertiary alicyclic amines) is 1. The Hall–Kier alpha value is -5.00. The van der Waals surface area contributed by atoms with Gasteiger partial charge in [0, 0.05) is 56.5 Å². The van der Waals surface area contributed by atoms with E-state index in [1.807, 2.05) is 24.3 Å². The van der Waals surface area contributed by atoms with Crippen molar-refractivity contribution in [2.45, 2.75) is 12.3 Å². The molecule has 4 aromatic rings. The summed E-state index contributed by atoms with van der Waals surface area (Å²) in [5.74, 6) is -0.118. The van der Waals surface area contributed by atoms with Crippen LogP contribution in [0.5, 0.6) is 11.6 Å². The van der Waals surface area contributed by atoms with Crippen LogP contribution in [0.15, 0.2) is 60.8 Å². The molecule has 42 heavy (non-hydrogen) atoms. The van der Waals surface area contributed by atoms with Gasteiger partial charge in [0.1, 0.15) is 16.8 Å². The Morgan fingerprint density at radius 3 is 2.57 bits per heavy atom. The van der Waals surface area contributed by atoms with Gasteiger partial charge in [-0.3, -0.25) is 14.4 Å². The lowest BCUT2D eigenvalue weighted by molar-refractivity contribution is -0.125. The zero-order valence-electron chi connectivity index (χ0n) is 23.2. The molecular formula is C30H31N7O5. The molecule has 12 heteroatoms. The van der Waals surface area contributed by atoms with Gasteiger partial charge in [0.15, 0.2) is 0 Å². The number of nitrogens with one attached hydrogen (secondary N) is 2. The second kappa shape index (κ2) is 11.9. The van der Waals surface area contributed by atoms with Gasteiger partial charge in [0.2, 0.25) is 11.8 Å². The molecule has 3 amide bonds. The van der Waals surface area contributed by atoms with Crippen LogP contribution in [0.1, 0.15) is 38.6 Å². The third-order valence-corrected chi connectivity index (χ3v) is 7.80. The van der Waals surface area contributed by atoms with Gasteiger partial charge in [-0.2, -0.15) is 15.4 Å². The fourth-order valence-corrected chi connectivity index (χ4v) is 5.58. The summed E-state index contributed by atoms with van der Waals surface area (Å²) in [6, 6.07) is 16.2.